The monoisotopic (exact) mass is 424 g/mol. The molecule has 3 rings (SSSR count). The van der Waals surface area contributed by atoms with Crippen molar-refractivity contribution in [1.29, 1.82) is 0 Å². The van der Waals surface area contributed by atoms with Gasteiger partial charge in [-0.1, -0.05) is 31.2 Å². The van der Waals surface area contributed by atoms with Gasteiger partial charge in [-0.2, -0.15) is 0 Å². The van der Waals surface area contributed by atoms with Crippen LogP contribution in [0.2, 0.25) is 0 Å². The number of esters is 1. The van der Waals surface area contributed by atoms with E-state index in [1.54, 1.807) is 31.2 Å². The number of carbonyl (C=O) groups excluding carboxylic acids is 4. The van der Waals surface area contributed by atoms with Gasteiger partial charge < -0.3 is 14.2 Å². The standard InChI is InChI=1S/C24H24O7/c1-5-7-20(25)21(26)14-8-10-16-17-11-9-15(22(27)23(28)31-6-2)13-19(17)24(29-3,30-4)18(16)12-14/h8-13H,5-7H2,1-4H3. The molecule has 0 heterocycles. The van der Waals surface area contributed by atoms with Crippen LogP contribution in [0, 0.1) is 0 Å². The lowest BCUT2D eigenvalue weighted by molar-refractivity contribution is -0.180. The average molecular weight is 424 g/mol. The predicted molar refractivity (Wildman–Crippen MR) is 112 cm³/mol. The van der Waals surface area contributed by atoms with Crippen molar-refractivity contribution in [3.63, 3.8) is 0 Å². The molecule has 0 bridgehead atoms. The van der Waals surface area contributed by atoms with Crippen LogP contribution in [0.4, 0.5) is 0 Å². The highest BCUT2D eigenvalue weighted by atomic mass is 16.7. The summed E-state index contributed by atoms with van der Waals surface area (Å²) in [6.45, 7) is 3.55. The molecule has 0 fully saturated rings. The SMILES string of the molecule is CCCC(=O)C(=O)c1ccc2c(c1)C(OC)(OC)c1cc(C(=O)C(=O)OCC)ccc1-2. The maximum Gasteiger partial charge on any atom is 0.379 e. The fourth-order valence-corrected chi connectivity index (χ4v) is 3.87. The van der Waals surface area contributed by atoms with Crippen molar-refractivity contribution in [1.82, 2.24) is 0 Å². The highest BCUT2D eigenvalue weighted by molar-refractivity contribution is 6.43. The van der Waals surface area contributed by atoms with Gasteiger partial charge in [0.25, 0.3) is 5.78 Å². The molecule has 0 N–H and O–H groups in total. The number of fused-ring (bicyclic) bond motifs is 3. The van der Waals surface area contributed by atoms with E-state index in [-0.39, 0.29) is 24.2 Å². The smallest absolute Gasteiger partial charge is 0.379 e. The molecule has 7 heteroatoms. The van der Waals surface area contributed by atoms with Crippen molar-refractivity contribution in [3.8, 4) is 11.1 Å². The molecule has 1 aliphatic rings. The number of hydrogen-bond acceptors (Lipinski definition) is 7. The Morgan fingerprint density at radius 1 is 0.806 bits per heavy atom. The van der Waals surface area contributed by atoms with Crippen LogP contribution in [0.1, 0.15) is 58.5 Å². The van der Waals surface area contributed by atoms with Gasteiger partial charge in [0, 0.05) is 42.9 Å². The maximum atomic E-state index is 12.5. The molecule has 0 radical (unpaired) electrons. The van der Waals surface area contributed by atoms with Crippen LogP contribution in [0.3, 0.4) is 0 Å². The predicted octanol–water partition coefficient (Wildman–Crippen LogP) is 3.46. The Kier molecular flexibility index (Phi) is 6.48. The maximum absolute atomic E-state index is 12.5. The number of rotatable bonds is 9. The molecule has 0 saturated heterocycles. The number of Topliss-reactive ketones (excluding diaryl/α,β-unsaturated/α-hetero) is 3. The molecule has 1 aliphatic carbocycles. The van der Waals surface area contributed by atoms with Gasteiger partial charge >= 0.3 is 5.97 Å². The number of ketones is 3. The Balaban J connectivity index is 2.12. The van der Waals surface area contributed by atoms with Crippen molar-refractivity contribution in [2.75, 3.05) is 20.8 Å². The minimum atomic E-state index is -1.40. The molecular formula is C24H24O7. The summed E-state index contributed by atoms with van der Waals surface area (Å²) < 4.78 is 16.3. The van der Waals surface area contributed by atoms with Crippen LogP contribution in [0.25, 0.3) is 11.1 Å². The van der Waals surface area contributed by atoms with E-state index in [0.29, 0.717) is 17.5 Å². The third kappa shape index (κ3) is 3.71. The van der Waals surface area contributed by atoms with E-state index in [2.05, 4.69) is 0 Å². The van der Waals surface area contributed by atoms with E-state index in [4.69, 9.17) is 14.2 Å². The molecule has 0 aliphatic heterocycles. The topological polar surface area (TPSA) is 96.0 Å². The van der Waals surface area contributed by atoms with E-state index in [0.717, 1.165) is 11.1 Å². The van der Waals surface area contributed by atoms with Crippen molar-refractivity contribution < 1.29 is 33.4 Å². The van der Waals surface area contributed by atoms with Gasteiger partial charge in [-0.05, 0) is 36.6 Å². The lowest BCUT2D eigenvalue weighted by atomic mass is 9.97. The zero-order chi connectivity index (χ0) is 22.8. The molecule has 0 saturated carbocycles. The van der Waals surface area contributed by atoms with Gasteiger partial charge in [0.1, 0.15) is 0 Å². The summed E-state index contributed by atoms with van der Waals surface area (Å²) in [6, 6.07) is 9.68. The van der Waals surface area contributed by atoms with Gasteiger partial charge in [-0.15, -0.1) is 0 Å². The van der Waals surface area contributed by atoms with Crippen LogP contribution in [-0.2, 0) is 29.6 Å². The quantitative estimate of drug-likeness (QED) is 0.263. The largest absolute Gasteiger partial charge is 0.460 e. The Hall–Kier alpha value is -3.16. The highest BCUT2D eigenvalue weighted by Gasteiger charge is 2.45. The number of benzene rings is 2. The Morgan fingerprint density at radius 3 is 1.77 bits per heavy atom. The van der Waals surface area contributed by atoms with Crippen LogP contribution in [0.15, 0.2) is 36.4 Å². The van der Waals surface area contributed by atoms with Crippen molar-refractivity contribution in [3.05, 3.63) is 58.7 Å². The van der Waals surface area contributed by atoms with Crippen molar-refractivity contribution in [2.45, 2.75) is 32.5 Å². The normalized spacial score (nSPS) is 13.3. The lowest BCUT2D eigenvalue weighted by Crippen LogP contribution is -2.30. The third-order valence-electron chi connectivity index (χ3n) is 5.33. The minimum Gasteiger partial charge on any atom is -0.460 e. The van der Waals surface area contributed by atoms with Crippen LogP contribution in [0.5, 0.6) is 0 Å². The zero-order valence-electron chi connectivity index (χ0n) is 17.9. The van der Waals surface area contributed by atoms with Gasteiger partial charge in [0.05, 0.1) is 6.61 Å². The molecule has 0 aromatic heterocycles. The Labute approximate surface area is 180 Å². The first kappa shape index (κ1) is 22.5. The molecule has 0 atom stereocenters. The lowest BCUT2D eigenvalue weighted by Gasteiger charge is -2.29. The highest BCUT2D eigenvalue weighted by Crippen LogP contribution is 2.50. The number of ether oxygens (including phenoxy) is 3. The first-order chi connectivity index (χ1) is 14.8. The number of carbonyl (C=O) groups is 4. The van der Waals surface area contributed by atoms with Gasteiger partial charge in [-0.3, -0.25) is 14.4 Å². The fourth-order valence-electron chi connectivity index (χ4n) is 3.87. The van der Waals surface area contributed by atoms with Crippen molar-refractivity contribution in [2.24, 2.45) is 0 Å². The molecule has 2 aromatic carbocycles. The van der Waals surface area contributed by atoms with E-state index in [1.807, 2.05) is 6.92 Å². The summed E-state index contributed by atoms with van der Waals surface area (Å²) >= 11 is 0. The van der Waals surface area contributed by atoms with E-state index < -0.39 is 29.1 Å². The van der Waals surface area contributed by atoms with E-state index in [9.17, 15) is 19.2 Å². The van der Waals surface area contributed by atoms with Gasteiger partial charge in [0.15, 0.2) is 0 Å². The first-order valence-corrected chi connectivity index (χ1v) is 10.0. The van der Waals surface area contributed by atoms with Crippen molar-refractivity contribution >= 4 is 23.3 Å². The zero-order valence-corrected chi connectivity index (χ0v) is 17.9. The minimum absolute atomic E-state index is 0.0919. The summed E-state index contributed by atoms with van der Waals surface area (Å²) in [4.78, 5) is 49.0. The van der Waals surface area contributed by atoms with E-state index >= 15 is 0 Å². The van der Waals surface area contributed by atoms with Gasteiger partial charge in [-0.25, -0.2) is 4.79 Å². The summed E-state index contributed by atoms with van der Waals surface area (Å²) in [5, 5.41) is 0. The van der Waals surface area contributed by atoms with E-state index in [1.165, 1.54) is 26.4 Å². The summed E-state index contributed by atoms with van der Waals surface area (Å²) in [5.41, 5.74) is 2.92. The second-order valence-corrected chi connectivity index (χ2v) is 7.10. The second-order valence-electron chi connectivity index (χ2n) is 7.10. The second kappa shape index (κ2) is 8.91. The molecule has 31 heavy (non-hydrogen) atoms. The molecule has 7 nitrogen and oxygen atoms in total. The summed E-state index contributed by atoms with van der Waals surface area (Å²) in [7, 11) is 2.89. The molecule has 162 valence electrons. The molecule has 0 spiro atoms. The van der Waals surface area contributed by atoms with Crippen LogP contribution in [-0.4, -0.2) is 44.1 Å². The first-order valence-electron chi connectivity index (χ1n) is 10.0. The Morgan fingerprint density at radius 2 is 1.32 bits per heavy atom. The molecule has 0 unspecified atom stereocenters. The van der Waals surface area contributed by atoms with Crippen LogP contribution >= 0.6 is 0 Å². The third-order valence-corrected chi connectivity index (χ3v) is 5.33. The number of hydrogen-bond donors (Lipinski definition) is 0. The van der Waals surface area contributed by atoms with Gasteiger partial charge in [0.2, 0.25) is 17.4 Å². The fraction of sp³-hybridized carbons (Fsp3) is 0.333. The van der Waals surface area contributed by atoms with Crippen LogP contribution < -0.4 is 0 Å². The molecule has 2 aromatic rings. The summed E-state index contributed by atoms with van der Waals surface area (Å²) in [5.74, 6) is -4.15. The molecule has 0 amide bonds. The summed E-state index contributed by atoms with van der Waals surface area (Å²) in [6.07, 6.45) is 0.757. The average Bonchev–Trinajstić information content (AvgIpc) is 3.07. The Bertz CT molecular complexity index is 982. The number of methoxy groups -OCH3 is 2. The molecular weight excluding hydrogens is 400 g/mol.